The molecule has 2 aliphatic heterocycles. The van der Waals surface area contributed by atoms with Gasteiger partial charge in [0.1, 0.15) is 6.61 Å². The number of hydrogen-bond acceptors (Lipinski definition) is 4. The van der Waals surface area contributed by atoms with E-state index in [9.17, 15) is 4.79 Å². The summed E-state index contributed by atoms with van der Waals surface area (Å²) >= 11 is 0. The number of carboxylic acid groups (broad SMARTS) is 1. The molecule has 2 fully saturated rings. The maximum atomic E-state index is 10.5. The van der Waals surface area contributed by atoms with E-state index in [0.29, 0.717) is 0 Å². The third kappa shape index (κ3) is 2.78. The number of hydrogen-bond donors (Lipinski definition) is 1. The minimum Gasteiger partial charge on any atom is -0.480 e. The number of aliphatic carboxylic acids is 1. The average Bonchev–Trinajstić information content (AvgIpc) is 2.79. The summed E-state index contributed by atoms with van der Waals surface area (Å²) in [6.07, 6.45) is 3.30. The van der Waals surface area contributed by atoms with E-state index in [-0.39, 0.29) is 18.2 Å². The molecule has 17 heavy (non-hydrogen) atoms. The Kier molecular flexibility index (Phi) is 4.01. The molecule has 5 nitrogen and oxygen atoms in total. The Hall–Kier alpha value is -0.650. The van der Waals surface area contributed by atoms with Crippen LogP contribution in [0.5, 0.6) is 0 Å². The zero-order chi connectivity index (χ0) is 12.3. The van der Waals surface area contributed by atoms with Gasteiger partial charge in [-0.3, -0.25) is 4.90 Å². The van der Waals surface area contributed by atoms with Gasteiger partial charge in [0, 0.05) is 18.7 Å². The lowest BCUT2D eigenvalue weighted by molar-refractivity contribution is -0.144. The molecule has 1 unspecified atom stereocenters. The van der Waals surface area contributed by atoms with E-state index in [1.807, 2.05) is 6.92 Å². The number of carboxylic acids is 1. The first-order valence-corrected chi connectivity index (χ1v) is 6.32. The van der Waals surface area contributed by atoms with Crippen molar-refractivity contribution in [2.75, 3.05) is 32.9 Å². The zero-order valence-corrected chi connectivity index (χ0v) is 10.4. The molecule has 2 aliphatic rings. The van der Waals surface area contributed by atoms with Crippen LogP contribution in [0.25, 0.3) is 0 Å². The fourth-order valence-electron chi connectivity index (χ4n) is 3.06. The quantitative estimate of drug-likeness (QED) is 0.745. The van der Waals surface area contributed by atoms with Crippen LogP contribution in [0.15, 0.2) is 0 Å². The van der Waals surface area contributed by atoms with Gasteiger partial charge in [-0.1, -0.05) is 0 Å². The number of fused-ring (bicyclic) bond motifs is 1. The van der Waals surface area contributed by atoms with Crippen molar-refractivity contribution in [1.82, 2.24) is 4.90 Å². The third-order valence-corrected chi connectivity index (χ3v) is 3.79. The van der Waals surface area contributed by atoms with Gasteiger partial charge in [0.2, 0.25) is 0 Å². The summed E-state index contributed by atoms with van der Waals surface area (Å²) < 4.78 is 11.0. The molecule has 5 heteroatoms. The number of nitrogens with zero attached hydrogens (tertiary/aromatic N) is 1. The molecule has 0 aromatic carbocycles. The Labute approximate surface area is 102 Å². The van der Waals surface area contributed by atoms with Gasteiger partial charge < -0.3 is 14.6 Å². The summed E-state index contributed by atoms with van der Waals surface area (Å²) in [5, 5.41) is 8.62. The summed E-state index contributed by atoms with van der Waals surface area (Å²) in [5.74, 6) is -0.893. The topological polar surface area (TPSA) is 59.0 Å². The third-order valence-electron chi connectivity index (χ3n) is 3.79. The van der Waals surface area contributed by atoms with E-state index in [1.54, 1.807) is 0 Å². The minimum absolute atomic E-state index is 0.0480. The van der Waals surface area contributed by atoms with Crippen LogP contribution < -0.4 is 0 Å². The zero-order valence-electron chi connectivity index (χ0n) is 10.4. The number of ether oxygens (including phenoxy) is 2. The molecule has 2 heterocycles. The largest absolute Gasteiger partial charge is 0.480 e. The normalized spacial score (nSPS) is 32.9. The van der Waals surface area contributed by atoms with Gasteiger partial charge in [-0.2, -0.15) is 0 Å². The predicted molar refractivity (Wildman–Crippen MR) is 62.0 cm³/mol. The van der Waals surface area contributed by atoms with Crippen molar-refractivity contribution >= 4 is 5.97 Å². The first-order chi connectivity index (χ1) is 8.16. The van der Waals surface area contributed by atoms with Gasteiger partial charge in [0.25, 0.3) is 0 Å². The molecule has 0 spiro atoms. The lowest BCUT2D eigenvalue weighted by atomic mass is 9.94. The first-order valence-electron chi connectivity index (χ1n) is 6.32. The van der Waals surface area contributed by atoms with Crippen LogP contribution >= 0.6 is 0 Å². The summed E-state index contributed by atoms with van der Waals surface area (Å²) in [6, 6.07) is 0. The second-order valence-electron chi connectivity index (χ2n) is 4.94. The highest BCUT2D eigenvalue weighted by Crippen LogP contribution is 2.40. The first kappa shape index (κ1) is 12.8. The van der Waals surface area contributed by atoms with Crippen LogP contribution in [0.1, 0.15) is 26.2 Å². The number of rotatable bonds is 6. The molecule has 0 aromatic rings. The lowest BCUT2D eigenvalue weighted by Gasteiger charge is -2.31. The van der Waals surface area contributed by atoms with E-state index < -0.39 is 5.97 Å². The molecule has 0 aromatic heterocycles. The van der Waals surface area contributed by atoms with E-state index in [4.69, 9.17) is 14.6 Å². The van der Waals surface area contributed by atoms with E-state index >= 15 is 0 Å². The van der Waals surface area contributed by atoms with Crippen molar-refractivity contribution in [3.8, 4) is 0 Å². The van der Waals surface area contributed by atoms with Gasteiger partial charge in [-0.05, 0) is 32.7 Å². The predicted octanol–water partition coefficient (Wildman–Crippen LogP) is 0.731. The molecule has 0 amide bonds. The molecule has 0 bridgehead atoms. The van der Waals surface area contributed by atoms with Gasteiger partial charge in [-0.25, -0.2) is 4.79 Å². The molecule has 1 N–H and O–H groups in total. The fourth-order valence-corrected chi connectivity index (χ4v) is 3.06. The van der Waals surface area contributed by atoms with Gasteiger partial charge >= 0.3 is 5.97 Å². The standard InChI is InChI=1S/C12H21NO4/c1-2-16-9-12-4-3-5-13(12)7-10(6-12)17-8-11(14)15/h10H,2-9H2,1H3,(H,14,15)/t10-,12?/m1/s1. The second-order valence-corrected chi connectivity index (χ2v) is 4.94. The highest BCUT2D eigenvalue weighted by Gasteiger charge is 2.48. The van der Waals surface area contributed by atoms with E-state index in [1.165, 1.54) is 6.42 Å². The van der Waals surface area contributed by atoms with E-state index in [2.05, 4.69) is 4.90 Å². The molecule has 98 valence electrons. The summed E-state index contributed by atoms with van der Waals surface area (Å²) in [7, 11) is 0. The van der Waals surface area contributed by atoms with Crippen LogP contribution in [-0.2, 0) is 14.3 Å². The molecule has 0 saturated carbocycles. The Morgan fingerprint density at radius 1 is 1.59 bits per heavy atom. The highest BCUT2D eigenvalue weighted by molar-refractivity contribution is 5.68. The second kappa shape index (κ2) is 5.33. The van der Waals surface area contributed by atoms with Crippen LogP contribution in [0.2, 0.25) is 0 Å². The van der Waals surface area contributed by atoms with Crippen LogP contribution in [0.3, 0.4) is 0 Å². The Morgan fingerprint density at radius 2 is 2.41 bits per heavy atom. The average molecular weight is 243 g/mol. The van der Waals surface area contributed by atoms with Crippen molar-refractivity contribution in [2.45, 2.75) is 37.8 Å². The van der Waals surface area contributed by atoms with Crippen molar-refractivity contribution < 1.29 is 19.4 Å². The van der Waals surface area contributed by atoms with Gasteiger partial charge in [0.05, 0.1) is 12.7 Å². The van der Waals surface area contributed by atoms with Crippen molar-refractivity contribution in [2.24, 2.45) is 0 Å². The van der Waals surface area contributed by atoms with Crippen molar-refractivity contribution in [3.63, 3.8) is 0 Å². The maximum Gasteiger partial charge on any atom is 0.329 e. The molecule has 2 rings (SSSR count). The number of carbonyl (C=O) groups is 1. The Balaban J connectivity index is 1.89. The van der Waals surface area contributed by atoms with Crippen LogP contribution in [0, 0.1) is 0 Å². The fraction of sp³-hybridized carbons (Fsp3) is 0.917. The van der Waals surface area contributed by atoms with Gasteiger partial charge in [-0.15, -0.1) is 0 Å². The van der Waals surface area contributed by atoms with E-state index in [0.717, 1.165) is 39.1 Å². The maximum absolute atomic E-state index is 10.5. The lowest BCUT2D eigenvalue weighted by Crippen LogP contribution is -2.42. The Morgan fingerprint density at radius 3 is 3.12 bits per heavy atom. The summed E-state index contributed by atoms with van der Waals surface area (Å²) in [6.45, 7) is 5.22. The molecular weight excluding hydrogens is 222 g/mol. The smallest absolute Gasteiger partial charge is 0.329 e. The summed E-state index contributed by atoms with van der Waals surface area (Å²) in [5.41, 5.74) is 0.110. The molecule has 0 radical (unpaired) electrons. The van der Waals surface area contributed by atoms with Crippen LogP contribution in [0.4, 0.5) is 0 Å². The van der Waals surface area contributed by atoms with Gasteiger partial charge in [0.15, 0.2) is 0 Å². The molecule has 0 aliphatic carbocycles. The van der Waals surface area contributed by atoms with Crippen molar-refractivity contribution in [1.29, 1.82) is 0 Å². The summed E-state index contributed by atoms with van der Waals surface area (Å²) in [4.78, 5) is 12.9. The Bertz CT molecular complexity index is 284. The van der Waals surface area contributed by atoms with Crippen molar-refractivity contribution in [3.05, 3.63) is 0 Å². The van der Waals surface area contributed by atoms with Crippen LogP contribution in [-0.4, -0.2) is 60.5 Å². The SMILES string of the molecule is CCOCC12CCCN1C[C@H](OCC(=O)O)C2. The molecular formula is C12H21NO4. The molecule has 2 atom stereocenters. The highest BCUT2D eigenvalue weighted by atomic mass is 16.5. The monoisotopic (exact) mass is 243 g/mol. The minimum atomic E-state index is -0.893. The molecule has 2 saturated heterocycles.